The molecule has 0 radical (unpaired) electrons. The van der Waals surface area contributed by atoms with Crippen molar-refractivity contribution >= 4 is 17.9 Å². The summed E-state index contributed by atoms with van der Waals surface area (Å²) >= 11 is 0. The van der Waals surface area contributed by atoms with E-state index in [9.17, 15) is 19.5 Å². The van der Waals surface area contributed by atoms with E-state index in [4.69, 9.17) is 28.4 Å². The van der Waals surface area contributed by atoms with Gasteiger partial charge in [-0.05, 0) is 30.5 Å². The normalized spacial score (nSPS) is 28.3. The Labute approximate surface area is 159 Å². The highest BCUT2D eigenvalue weighted by Crippen LogP contribution is 2.17. The van der Waals surface area contributed by atoms with Crippen LogP contribution < -0.4 is 0 Å². The second kappa shape index (κ2) is 8.92. The molecule has 0 saturated carbocycles. The Balaban J connectivity index is 4.03. The lowest BCUT2D eigenvalue weighted by atomic mass is 10.0. The Bertz CT molecular complexity index is 1190. The molecule has 0 heterocycles. The van der Waals surface area contributed by atoms with Gasteiger partial charge >= 0.3 is 17.9 Å². The molecule has 0 aliphatic heterocycles. The van der Waals surface area contributed by atoms with E-state index in [1.54, 1.807) is 0 Å². The number of hydrogen-bond donors (Lipinski definition) is 2. The Morgan fingerprint density at radius 1 is 1.26 bits per heavy atom. The quantitative estimate of drug-likeness (QED) is 0.668. The summed E-state index contributed by atoms with van der Waals surface area (Å²) in [7, 11) is 0. The van der Waals surface area contributed by atoms with Gasteiger partial charge in [-0.3, -0.25) is 0 Å². The van der Waals surface area contributed by atoms with Gasteiger partial charge in [0.15, 0.2) is 0 Å². The number of rotatable bonds is 9. The summed E-state index contributed by atoms with van der Waals surface area (Å²) in [6.45, 7) is -12.9. The van der Waals surface area contributed by atoms with Crippen LogP contribution in [0, 0.1) is 5.89 Å². The fourth-order valence-corrected chi connectivity index (χ4v) is 1.36. The zero-order chi connectivity index (χ0) is 32.3. The summed E-state index contributed by atoms with van der Waals surface area (Å²) in [6, 6.07) is 1.57. The molecule has 0 fully saturated rings. The number of carbonyl (C=O) groups excluding carboxylic acids is 1. The van der Waals surface area contributed by atoms with E-state index in [0.717, 1.165) is 0 Å². The summed E-state index contributed by atoms with van der Waals surface area (Å²) in [4.78, 5) is 35.5. The van der Waals surface area contributed by atoms with Crippen LogP contribution in [-0.4, -0.2) is 34.7 Å². The number of benzene rings is 1. The van der Waals surface area contributed by atoms with Crippen LogP contribution in [0.3, 0.4) is 0 Å². The molecule has 1 aromatic rings. The first kappa shape index (κ1) is 5.61. The number of hydrogen-bond acceptors (Lipinski definition) is 4. The minimum atomic E-state index is -4.85. The van der Waals surface area contributed by atoms with Crippen molar-refractivity contribution in [3.8, 4) is 0 Å². The largest absolute Gasteiger partial charge is 0.478 e. The summed E-state index contributed by atoms with van der Waals surface area (Å²) in [5.41, 5.74) is -2.95. The third-order valence-electron chi connectivity index (χ3n) is 2.34. The molecule has 1 atom stereocenters. The predicted molar refractivity (Wildman–Crippen MR) is 83.9 cm³/mol. The van der Waals surface area contributed by atoms with E-state index in [0.29, 0.717) is 18.2 Å². The third kappa shape index (κ3) is 5.39. The predicted octanol–water partition coefficient (Wildman–Crippen LogP) is 3.46. The van der Waals surface area contributed by atoms with Crippen molar-refractivity contribution in [2.24, 2.45) is 5.89 Å². The van der Waals surface area contributed by atoms with Crippen LogP contribution in [0.15, 0.2) is 18.2 Å². The van der Waals surface area contributed by atoms with Crippen molar-refractivity contribution < 1.29 is 52.6 Å². The molecule has 23 heavy (non-hydrogen) atoms. The summed E-state index contributed by atoms with van der Waals surface area (Å²) in [5.74, 6) is -10.6. The first-order valence-electron chi connectivity index (χ1n) is 14.2. The molecule has 6 heteroatoms. The number of carboxylic acid groups (broad SMARTS) is 2. The fourth-order valence-electron chi connectivity index (χ4n) is 1.36. The van der Waals surface area contributed by atoms with E-state index >= 15 is 0 Å². The molecule has 0 spiro atoms. The second-order valence-electron chi connectivity index (χ2n) is 3.74. The lowest BCUT2D eigenvalue weighted by Gasteiger charge is -2.15. The molecular weight excluding hydrogens is 300 g/mol. The molecule has 0 aliphatic rings. The molecule has 2 N–H and O–H groups in total. The van der Waals surface area contributed by atoms with Crippen molar-refractivity contribution in [2.75, 3.05) is 6.56 Å². The SMILES string of the molecule is [2H]C([2H])([2H])C([2H])([2H])C([2H])([2H])C([2H])([2H])C([2H])(C([2H])([2H])OC(=O)c1ccc(C(=O)O)cc1C(=O)O)C([2H])([2H])C([2H])([2H])[2H]. The van der Waals surface area contributed by atoms with Gasteiger partial charge in [-0.2, -0.15) is 0 Å². The van der Waals surface area contributed by atoms with Gasteiger partial charge in [-0.25, -0.2) is 14.4 Å². The number of aromatic carboxylic acids is 2. The number of carbonyl (C=O) groups is 3. The molecule has 0 saturated heterocycles. The smallest absolute Gasteiger partial charge is 0.339 e. The van der Waals surface area contributed by atoms with Crippen molar-refractivity contribution in [2.45, 2.75) is 39.2 Å². The lowest BCUT2D eigenvalue weighted by Crippen LogP contribution is -2.17. The van der Waals surface area contributed by atoms with E-state index < -0.39 is 86.2 Å². The Morgan fingerprint density at radius 2 is 2.04 bits per heavy atom. The highest BCUT2D eigenvalue weighted by atomic mass is 16.5. The van der Waals surface area contributed by atoms with Gasteiger partial charge in [0.05, 0.1) is 26.0 Å². The first-order chi connectivity index (χ1) is 17.4. The highest BCUT2D eigenvalue weighted by Gasteiger charge is 2.21. The highest BCUT2D eigenvalue weighted by molar-refractivity contribution is 6.04. The number of carboxylic acids is 2. The van der Waals surface area contributed by atoms with E-state index in [1.165, 1.54) is 0 Å². The maximum Gasteiger partial charge on any atom is 0.339 e. The maximum atomic E-state index is 12.8. The van der Waals surface area contributed by atoms with Crippen LogP contribution in [0.25, 0.3) is 0 Å². The molecule has 0 amide bonds. The monoisotopic (exact) mass is 339 g/mol. The summed E-state index contributed by atoms with van der Waals surface area (Å²) in [6.07, 6.45) is -18.3. The standard InChI is InChI=1S/C17H22O6/c1-3-5-6-11(4-2)10-23-17(22)13-8-7-12(15(18)19)9-14(13)16(20)21/h7-9,11H,3-6,10H2,1-2H3,(H,18,19)(H,20,21)/i1D3,2D3,3D2,4D2,5D2,6D2,10D2,11D. The molecule has 1 unspecified atom stereocenters. The average Bonchev–Trinajstić information content (AvgIpc) is 2.75. The average molecular weight is 339 g/mol. The van der Waals surface area contributed by atoms with Gasteiger partial charge in [0.25, 0.3) is 0 Å². The van der Waals surface area contributed by atoms with Crippen LogP contribution in [0.1, 0.15) is 93.6 Å². The zero-order valence-corrected chi connectivity index (χ0v) is 11.3. The van der Waals surface area contributed by atoms with Gasteiger partial charge < -0.3 is 14.9 Å². The summed E-state index contributed by atoms with van der Waals surface area (Å²) < 4.78 is 137. The molecule has 1 rings (SSSR count). The van der Waals surface area contributed by atoms with Gasteiger partial charge in [0.1, 0.15) is 0 Å². The second-order valence-corrected chi connectivity index (χ2v) is 3.74. The van der Waals surface area contributed by atoms with Crippen molar-refractivity contribution in [1.82, 2.24) is 0 Å². The van der Waals surface area contributed by atoms with E-state index in [1.807, 2.05) is 0 Å². The van der Waals surface area contributed by atoms with Gasteiger partial charge in [-0.1, -0.05) is 32.8 Å². The topological polar surface area (TPSA) is 101 Å². The zero-order valence-electron chi connectivity index (χ0n) is 28.3. The number of ether oxygens (including phenoxy) is 1. The Morgan fingerprint density at radius 3 is 2.65 bits per heavy atom. The van der Waals surface area contributed by atoms with E-state index in [-0.39, 0.29) is 0 Å². The maximum absolute atomic E-state index is 12.8. The van der Waals surface area contributed by atoms with Crippen LogP contribution in [0.4, 0.5) is 0 Å². The summed E-state index contributed by atoms with van der Waals surface area (Å²) in [5, 5.41) is 18.4. The molecule has 126 valence electrons. The Hall–Kier alpha value is -2.37. The molecule has 1 aromatic carbocycles. The van der Waals surface area contributed by atoms with E-state index in [2.05, 4.69) is 4.74 Å². The van der Waals surface area contributed by atoms with Crippen LogP contribution in [0.2, 0.25) is 0 Å². The minimum absolute atomic E-state index is 0.426. The molecule has 0 aromatic heterocycles. The third-order valence-corrected chi connectivity index (χ3v) is 2.34. The lowest BCUT2D eigenvalue weighted by molar-refractivity contribution is 0.0420. The fraction of sp³-hybridized carbons (Fsp3) is 0.471. The Kier molecular flexibility index (Phi) is 2.18. The minimum Gasteiger partial charge on any atom is -0.478 e. The van der Waals surface area contributed by atoms with Gasteiger partial charge in [-0.15, -0.1) is 0 Å². The van der Waals surface area contributed by atoms with Crippen molar-refractivity contribution in [3.63, 3.8) is 0 Å². The van der Waals surface area contributed by atoms with Gasteiger partial charge in [0, 0.05) is 20.6 Å². The molecule has 0 bridgehead atoms. The first-order valence-corrected chi connectivity index (χ1v) is 5.71. The van der Waals surface area contributed by atoms with Crippen LogP contribution in [-0.2, 0) is 4.74 Å². The molecule has 6 nitrogen and oxygen atoms in total. The van der Waals surface area contributed by atoms with Crippen molar-refractivity contribution in [1.29, 1.82) is 0 Å². The van der Waals surface area contributed by atoms with Gasteiger partial charge in [0.2, 0.25) is 0 Å². The van der Waals surface area contributed by atoms with Crippen LogP contribution in [0.5, 0.6) is 0 Å². The van der Waals surface area contributed by atoms with Crippen LogP contribution >= 0.6 is 0 Å². The molecular formula is C17H22O6. The van der Waals surface area contributed by atoms with Crippen molar-refractivity contribution in [3.05, 3.63) is 34.9 Å². The number of esters is 1. The molecule has 0 aliphatic carbocycles.